The van der Waals surface area contributed by atoms with Crippen molar-refractivity contribution < 1.29 is 9.53 Å². The largest absolute Gasteiger partial charge is 0.351 e. The number of amides is 1. The Morgan fingerprint density at radius 3 is 2.67 bits per heavy atom. The number of carbonyl (C=O) groups excluding carboxylic acids is 1. The van der Waals surface area contributed by atoms with Gasteiger partial charge in [0.25, 0.3) is 5.91 Å². The molecule has 0 aromatic heterocycles. The second-order valence-electron chi connectivity index (χ2n) is 5.56. The number of hydrogen-bond donors (Lipinski definition) is 0. The van der Waals surface area contributed by atoms with Gasteiger partial charge in [-0.3, -0.25) is 4.79 Å². The van der Waals surface area contributed by atoms with Crippen LogP contribution in [0.15, 0.2) is 30.3 Å². The summed E-state index contributed by atoms with van der Waals surface area (Å²) in [5.41, 5.74) is 0.582. The SMILES string of the molecule is CCC1CN(C(=O)C(Cl)Cl)C(C)(CCc2ccccc2)O1. The molecule has 0 saturated carbocycles. The van der Waals surface area contributed by atoms with Crippen molar-refractivity contribution in [3.63, 3.8) is 0 Å². The van der Waals surface area contributed by atoms with E-state index in [1.807, 2.05) is 25.1 Å². The van der Waals surface area contributed by atoms with E-state index in [0.29, 0.717) is 6.54 Å². The summed E-state index contributed by atoms with van der Waals surface area (Å²) in [5.74, 6) is -0.273. The lowest BCUT2D eigenvalue weighted by molar-refractivity contribution is -0.148. The maximum atomic E-state index is 12.2. The molecule has 21 heavy (non-hydrogen) atoms. The molecule has 1 aliphatic heterocycles. The molecule has 0 bridgehead atoms. The highest BCUT2D eigenvalue weighted by Gasteiger charge is 2.45. The second-order valence-corrected chi connectivity index (χ2v) is 6.65. The molecule has 1 aromatic carbocycles. The molecular formula is C16H21Cl2NO2. The highest BCUT2D eigenvalue weighted by Crippen LogP contribution is 2.34. The summed E-state index contributed by atoms with van der Waals surface area (Å²) in [5, 5.41) is 0. The molecule has 2 rings (SSSR count). The van der Waals surface area contributed by atoms with E-state index < -0.39 is 10.6 Å². The van der Waals surface area contributed by atoms with Crippen LogP contribution in [-0.2, 0) is 16.0 Å². The van der Waals surface area contributed by atoms with Gasteiger partial charge in [-0.25, -0.2) is 0 Å². The van der Waals surface area contributed by atoms with Gasteiger partial charge in [-0.1, -0.05) is 60.5 Å². The Morgan fingerprint density at radius 1 is 1.43 bits per heavy atom. The predicted molar refractivity (Wildman–Crippen MR) is 85.5 cm³/mol. The summed E-state index contributed by atoms with van der Waals surface area (Å²) in [6.45, 7) is 4.55. The number of nitrogens with zero attached hydrogens (tertiary/aromatic N) is 1. The van der Waals surface area contributed by atoms with Gasteiger partial charge in [0, 0.05) is 6.54 Å². The number of ether oxygens (including phenoxy) is 1. The van der Waals surface area contributed by atoms with E-state index in [1.165, 1.54) is 5.56 Å². The van der Waals surface area contributed by atoms with Crippen LogP contribution in [0, 0.1) is 0 Å². The maximum Gasteiger partial charge on any atom is 0.258 e. The van der Waals surface area contributed by atoms with E-state index in [2.05, 4.69) is 19.1 Å². The lowest BCUT2D eigenvalue weighted by Crippen LogP contribution is -2.48. The minimum absolute atomic E-state index is 0.0433. The first-order valence-corrected chi connectivity index (χ1v) is 8.15. The van der Waals surface area contributed by atoms with Crippen molar-refractivity contribution in [1.29, 1.82) is 0 Å². The van der Waals surface area contributed by atoms with Gasteiger partial charge < -0.3 is 9.64 Å². The van der Waals surface area contributed by atoms with Gasteiger partial charge in [0.1, 0.15) is 5.72 Å². The van der Waals surface area contributed by atoms with Crippen LogP contribution in [0.1, 0.15) is 32.3 Å². The molecule has 0 spiro atoms. The first-order valence-electron chi connectivity index (χ1n) is 7.27. The lowest BCUT2D eigenvalue weighted by atomic mass is 10.0. The number of hydrogen-bond acceptors (Lipinski definition) is 2. The third-order valence-corrected chi connectivity index (χ3v) is 4.38. The smallest absolute Gasteiger partial charge is 0.258 e. The molecule has 1 saturated heterocycles. The third kappa shape index (κ3) is 3.91. The molecule has 116 valence electrons. The predicted octanol–water partition coefficient (Wildman–Crippen LogP) is 3.78. The van der Waals surface area contributed by atoms with E-state index in [9.17, 15) is 4.79 Å². The first-order chi connectivity index (χ1) is 9.96. The topological polar surface area (TPSA) is 29.5 Å². The summed E-state index contributed by atoms with van der Waals surface area (Å²) in [4.78, 5) is 12.9. The molecule has 1 amide bonds. The average Bonchev–Trinajstić information content (AvgIpc) is 2.83. The van der Waals surface area contributed by atoms with Gasteiger partial charge in [0.2, 0.25) is 0 Å². The lowest BCUT2D eigenvalue weighted by Gasteiger charge is -2.34. The zero-order chi connectivity index (χ0) is 15.5. The molecule has 0 radical (unpaired) electrons. The molecule has 3 nitrogen and oxygen atoms in total. The summed E-state index contributed by atoms with van der Waals surface area (Å²) in [6, 6.07) is 10.2. The zero-order valence-corrected chi connectivity index (χ0v) is 13.9. The van der Waals surface area contributed by atoms with Gasteiger partial charge in [0.05, 0.1) is 6.10 Å². The van der Waals surface area contributed by atoms with Crippen molar-refractivity contribution in [3.8, 4) is 0 Å². The Hall–Kier alpha value is -0.770. The van der Waals surface area contributed by atoms with E-state index in [0.717, 1.165) is 19.3 Å². The Balaban J connectivity index is 2.10. The number of benzene rings is 1. The molecule has 2 unspecified atom stereocenters. The van der Waals surface area contributed by atoms with E-state index >= 15 is 0 Å². The second kappa shape index (κ2) is 6.99. The molecule has 2 atom stereocenters. The van der Waals surface area contributed by atoms with E-state index in [-0.39, 0.29) is 12.0 Å². The molecule has 1 fully saturated rings. The molecule has 1 heterocycles. The molecule has 0 aliphatic carbocycles. The minimum Gasteiger partial charge on any atom is -0.351 e. The van der Waals surface area contributed by atoms with Crippen LogP contribution >= 0.6 is 23.2 Å². The zero-order valence-electron chi connectivity index (χ0n) is 12.4. The molecule has 5 heteroatoms. The number of alkyl halides is 2. The standard InChI is InChI=1S/C16H21Cl2NO2/c1-3-13-11-19(15(20)14(17)18)16(2,21-13)10-9-12-7-5-4-6-8-12/h4-8,13-14H,3,9-11H2,1-2H3. The number of aryl methyl sites for hydroxylation is 1. The van der Waals surface area contributed by atoms with Gasteiger partial charge in [0.15, 0.2) is 4.84 Å². The van der Waals surface area contributed by atoms with Gasteiger partial charge in [-0.15, -0.1) is 0 Å². The summed E-state index contributed by atoms with van der Waals surface area (Å²) >= 11 is 11.5. The number of carbonyl (C=O) groups is 1. The van der Waals surface area contributed by atoms with Crippen LogP contribution in [0.3, 0.4) is 0 Å². The Labute approximate surface area is 136 Å². The van der Waals surface area contributed by atoms with Crippen molar-refractivity contribution in [3.05, 3.63) is 35.9 Å². The molecule has 0 N–H and O–H groups in total. The normalized spacial score (nSPS) is 25.6. The highest BCUT2D eigenvalue weighted by molar-refractivity contribution is 6.53. The Bertz CT molecular complexity index is 480. The highest BCUT2D eigenvalue weighted by atomic mass is 35.5. The number of rotatable bonds is 5. The van der Waals surface area contributed by atoms with Crippen LogP contribution < -0.4 is 0 Å². The van der Waals surface area contributed by atoms with Crippen LogP contribution in [0.5, 0.6) is 0 Å². The van der Waals surface area contributed by atoms with Crippen LogP contribution in [0.25, 0.3) is 0 Å². The monoisotopic (exact) mass is 329 g/mol. The quantitative estimate of drug-likeness (QED) is 0.769. The number of halogens is 2. The molecular weight excluding hydrogens is 309 g/mol. The Morgan fingerprint density at radius 2 is 2.10 bits per heavy atom. The summed E-state index contributed by atoms with van der Waals surface area (Å²) in [6.07, 6.45) is 2.47. The van der Waals surface area contributed by atoms with Crippen LogP contribution in [-0.4, -0.2) is 34.0 Å². The minimum atomic E-state index is -1.04. The van der Waals surface area contributed by atoms with Gasteiger partial charge >= 0.3 is 0 Å². The fourth-order valence-corrected chi connectivity index (χ4v) is 2.96. The maximum absolute atomic E-state index is 12.2. The van der Waals surface area contributed by atoms with Crippen molar-refractivity contribution in [1.82, 2.24) is 4.90 Å². The van der Waals surface area contributed by atoms with Crippen molar-refractivity contribution >= 4 is 29.1 Å². The van der Waals surface area contributed by atoms with E-state index in [1.54, 1.807) is 4.90 Å². The van der Waals surface area contributed by atoms with Crippen LogP contribution in [0.4, 0.5) is 0 Å². The fourth-order valence-electron chi connectivity index (χ4n) is 2.72. The summed E-state index contributed by atoms with van der Waals surface area (Å²) in [7, 11) is 0. The van der Waals surface area contributed by atoms with Crippen molar-refractivity contribution in [2.24, 2.45) is 0 Å². The van der Waals surface area contributed by atoms with Gasteiger partial charge in [-0.05, 0) is 31.7 Å². The van der Waals surface area contributed by atoms with Crippen LogP contribution in [0.2, 0.25) is 0 Å². The summed E-state index contributed by atoms with van der Waals surface area (Å²) < 4.78 is 6.09. The van der Waals surface area contributed by atoms with Crippen molar-refractivity contribution in [2.45, 2.75) is 49.8 Å². The van der Waals surface area contributed by atoms with Crippen molar-refractivity contribution in [2.75, 3.05) is 6.54 Å². The fraction of sp³-hybridized carbons (Fsp3) is 0.562. The Kier molecular flexibility index (Phi) is 5.53. The molecule has 1 aromatic rings. The first kappa shape index (κ1) is 16.6. The molecule has 1 aliphatic rings. The third-order valence-electron chi connectivity index (χ3n) is 4.01. The van der Waals surface area contributed by atoms with E-state index in [4.69, 9.17) is 27.9 Å². The van der Waals surface area contributed by atoms with Gasteiger partial charge in [-0.2, -0.15) is 0 Å². The average molecular weight is 330 g/mol.